The first-order valence-corrected chi connectivity index (χ1v) is 4.55. The number of hydrogen-bond donors (Lipinski definition) is 1. The minimum atomic E-state index is 0.626. The average Bonchev–Trinajstić information content (AvgIpc) is 2.50. The molecule has 0 spiro atoms. The zero-order valence-electron chi connectivity index (χ0n) is 7.09. The van der Waals surface area contributed by atoms with Crippen molar-refractivity contribution in [3.8, 4) is 0 Å². The Morgan fingerprint density at radius 3 is 3.00 bits per heavy atom. The molecule has 0 atom stereocenters. The van der Waals surface area contributed by atoms with Gasteiger partial charge < -0.3 is 10.2 Å². The topological polar surface area (TPSA) is 39.2 Å². The number of hydrogen-bond acceptors (Lipinski definition) is 2. The number of halogens is 1. The van der Waals surface area contributed by atoms with Crippen LogP contribution in [0.3, 0.4) is 0 Å². The van der Waals surface area contributed by atoms with Crippen molar-refractivity contribution >= 4 is 22.6 Å². The summed E-state index contributed by atoms with van der Waals surface area (Å²) in [5, 5.41) is 1.66. The van der Waals surface area contributed by atoms with Crippen LogP contribution in [0.25, 0.3) is 11.0 Å². The molecule has 0 amide bonds. The van der Waals surface area contributed by atoms with Crippen molar-refractivity contribution in [3.05, 3.63) is 35.0 Å². The van der Waals surface area contributed by atoms with E-state index in [0.717, 1.165) is 23.0 Å². The van der Waals surface area contributed by atoms with Crippen LogP contribution in [-0.2, 0) is 6.42 Å². The zero-order chi connectivity index (χ0) is 9.26. The maximum atomic E-state index is 5.98. The van der Waals surface area contributed by atoms with Crippen LogP contribution in [0.1, 0.15) is 5.56 Å². The second kappa shape index (κ2) is 3.40. The first-order chi connectivity index (χ1) is 6.33. The molecule has 0 fully saturated rings. The third-order valence-corrected chi connectivity index (χ3v) is 2.33. The van der Waals surface area contributed by atoms with Gasteiger partial charge in [0.25, 0.3) is 0 Å². The molecule has 0 radical (unpaired) electrons. The van der Waals surface area contributed by atoms with Gasteiger partial charge in [-0.25, -0.2) is 0 Å². The first kappa shape index (κ1) is 8.60. The van der Waals surface area contributed by atoms with Gasteiger partial charge in [0.1, 0.15) is 11.8 Å². The van der Waals surface area contributed by atoms with Gasteiger partial charge in [-0.3, -0.25) is 0 Å². The van der Waals surface area contributed by atoms with E-state index in [9.17, 15) is 0 Å². The van der Waals surface area contributed by atoms with Crippen molar-refractivity contribution in [3.63, 3.8) is 0 Å². The van der Waals surface area contributed by atoms with Gasteiger partial charge in [0, 0.05) is 5.39 Å². The van der Waals surface area contributed by atoms with E-state index in [1.807, 2.05) is 18.2 Å². The summed E-state index contributed by atoms with van der Waals surface area (Å²) >= 11 is 5.98. The molecule has 1 heterocycles. The van der Waals surface area contributed by atoms with Crippen LogP contribution in [0.2, 0.25) is 5.02 Å². The number of fused-ring (bicyclic) bond motifs is 1. The second-order valence-corrected chi connectivity index (χ2v) is 3.32. The van der Waals surface area contributed by atoms with Crippen LogP contribution in [0.5, 0.6) is 0 Å². The molecule has 1 aromatic heterocycles. The van der Waals surface area contributed by atoms with E-state index in [4.69, 9.17) is 21.8 Å². The SMILES string of the molecule is NCCc1cccc2occ(Cl)c12. The Kier molecular flexibility index (Phi) is 2.25. The maximum absolute atomic E-state index is 5.98. The van der Waals surface area contributed by atoms with Crippen LogP contribution >= 0.6 is 11.6 Å². The van der Waals surface area contributed by atoms with Gasteiger partial charge in [-0.2, -0.15) is 0 Å². The van der Waals surface area contributed by atoms with E-state index in [1.165, 1.54) is 0 Å². The quantitative estimate of drug-likeness (QED) is 0.800. The number of benzene rings is 1. The summed E-state index contributed by atoms with van der Waals surface area (Å²) in [5.41, 5.74) is 7.48. The predicted octanol–water partition coefficient (Wildman–Crippen LogP) is 2.59. The fourth-order valence-corrected chi connectivity index (χ4v) is 1.74. The van der Waals surface area contributed by atoms with Crippen LogP contribution in [0.4, 0.5) is 0 Å². The van der Waals surface area contributed by atoms with E-state index in [0.29, 0.717) is 11.6 Å². The van der Waals surface area contributed by atoms with Crippen molar-refractivity contribution in [2.75, 3.05) is 6.54 Å². The molecule has 13 heavy (non-hydrogen) atoms. The molecule has 2 aromatic rings. The van der Waals surface area contributed by atoms with Gasteiger partial charge in [-0.1, -0.05) is 23.7 Å². The van der Waals surface area contributed by atoms with E-state index in [-0.39, 0.29) is 0 Å². The summed E-state index contributed by atoms with van der Waals surface area (Å²) in [6.07, 6.45) is 2.39. The minimum Gasteiger partial charge on any atom is -0.463 e. The number of nitrogens with two attached hydrogens (primary N) is 1. The average molecular weight is 196 g/mol. The predicted molar refractivity (Wildman–Crippen MR) is 54.0 cm³/mol. The second-order valence-electron chi connectivity index (χ2n) is 2.91. The molecule has 0 unspecified atom stereocenters. The Morgan fingerprint density at radius 2 is 2.23 bits per heavy atom. The fraction of sp³-hybridized carbons (Fsp3) is 0.200. The molecule has 0 bridgehead atoms. The molecule has 2 rings (SSSR count). The van der Waals surface area contributed by atoms with Crippen LogP contribution in [0, 0.1) is 0 Å². The van der Waals surface area contributed by atoms with Crippen molar-refractivity contribution < 1.29 is 4.42 Å². The molecule has 0 aliphatic rings. The molecule has 1 aromatic carbocycles. The highest BCUT2D eigenvalue weighted by molar-refractivity contribution is 6.35. The molecule has 0 aliphatic heterocycles. The lowest BCUT2D eigenvalue weighted by atomic mass is 10.1. The highest BCUT2D eigenvalue weighted by atomic mass is 35.5. The molecule has 2 N–H and O–H groups in total. The van der Waals surface area contributed by atoms with Crippen molar-refractivity contribution in [2.45, 2.75) is 6.42 Å². The van der Waals surface area contributed by atoms with Gasteiger partial charge in [0.2, 0.25) is 0 Å². The fourth-order valence-electron chi connectivity index (χ4n) is 1.48. The molecule has 0 saturated carbocycles. The summed E-state index contributed by atoms with van der Waals surface area (Å²) < 4.78 is 5.26. The molecule has 68 valence electrons. The third kappa shape index (κ3) is 1.43. The van der Waals surface area contributed by atoms with Crippen LogP contribution in [-0.4, -0.2) is 6.54 Å². The highest BCUT2D eigenvalue weighted by Crippen LogP contribution is 2.28. The number of furan rings is 1. The smallest absolute Gasteiger partial charge is 0.135 e. The molecule has 0 saturated heterocycles. The Bertz CT molecular complexity index is 422. The summed E-state index contributed by atoms with van der Waals surface area (Å²) in [6.45, 7) is 0.626. The lowest BCUT2D eigenvalue weighted by molar-refractivity contribution is 0.616. The normalized spacial score (nSPS) is 10.9. The molecular weight excluding hydrogens is 186 g/mol. The summed E-state index contributed by atoms with van der Waals surface area (Å²) in [7, 11) is 0. The third-order valence-electron chi connectivity index (χ3n) is 2.05. The van der Waals surface area contributed by atoms with Crippen LogP contribution in [0.15, 0.2) is 28.9 Å². The molecule has 0 aliphatic carbocycles. The summed E-state index contributed by atoms with van der Waals surface area (Å²) in [4.78, 5) is 0. The van der Waals surface area contributed by atoms with Crippen molar-refractivity contribution in [1.82, 2.24) is 0 Å². The lowest BCUT2D eigenvalue weighted by Crippen LogP contribution is -2.02. The Morgan fingerprint density at radius 1 is 1.38 bits per heavy atom. The molecule has 2 nitrogen and oxygen atoms in total. The van der Waals surface area contributed by atoms with Crippen LogP contribution < -0.4 is 5.73 Å². The monoisotopic (exact) mass is 195 g/mol. The Hall–Kier alpha value is -0.990. The van der Waals surface area contributed by atoms with Gasteiger partial charge in [-0.05, 0) is 24.6 Å². The van der Waals surface area contributed by atoms with Gasteiger partial charge in [-0.15, -0.1) is 0 Å². The molecular formula is C10H10ClNO. The van der Waals surface area contributed by atoms with Gasteiger partial charge in [0.05, 0.1) is 5.02 Å². The van der Waals surface area contributed by atoms with Gasteiger partial charge in [0.15, 0.2) is 0 Å². The first-order valence-electron chi connectivity index (χ1n) is 4.17. The van der Waals surface area contributed by atoms with E-state index in [2.05, 4.69) is 0 Å². The largest absolute Gasteiger partial charge is 0.463 e. The Balaban J connectivity index is 2.65. The highest BCUT2D eigenvalue weighted by Gasteiger charge is 2.07. The van der Waals surface area contributed by atoms with Crippen molar-refractivity contribution in [1.29, 1.82) is 0 Å². The van der Waals surface area contributed by atoms with Crippen molar-refractivity contribution in [2.24, 2.45) is 5.73 Å². The number of rotatable bonds is 2. The standard InChI is InChI=1S/C10H10ClNO/c11-8-6-13-9-3-1-2-7(4-5-12)10(8)9/h1-3,6H,4-5,12H2. The summed E-state index contributed by atoms with van der Waals surface area (Å²) in [6, 6.07) is 5.88. The van der Waals surface area contributed by atoms with Gasteiger partial charge >= 0.3 is 0 Å². The van der Waals surface area contributed by atoms with E-state index >= 15 is 0 Å². The van der Waals surface area contributed by atoms with E-state index in [1.54, 1.807) is 6.26 Å². The summed E-state index contributed by atoms with van der Waals surface area (Å²) in [5.74, 6) is 0. The maximum Gasteiger partial charge on any atom is 0.135 e. The lowest BCUT2D eigenvalue weighted by Gasteiger charge is -1.99. The zero-order valence-corrected chi connectivity index (χ0v) is 7.84. The molecule has 3 heteroatoms. The Labute approximate surface area is 81.3 Å². The van der Waals surface area contributed by atoms with E-state index < -0.39 is 0 Å². The minimum absolute atomic E-state index is 0.626.